The van der Waals surface area contributed by atoms with Crippen LogP contribution >= 0.6 is 15.9 Å². The highest BCUT2D eigenvalue weighted by Gasteiger charge is 2.21. The number of aryl methyl sites for hydroxylation is 1. The van der Waals surface area contributed by atoms with Crippen molar-refractivity contribution in [1.82, 2.24) is 5.32 Å². The first-order valence-electron chi connectivity index (χ1n) is 4.99. The third-order valence-electron chi connectivity index (χ3n) is 2.62. The summed E-state index contributed by atoms with van der Waals surface area (Å²) in [5.74, 6) is 0.315. The maximum atomic E-state index is 9.84. The predicted octanol–water partition coefficient (Wildman–Crippen LogP) is 2.12. The summed E-state index contributed by atoms with van der Waals surface area (Å²) in [6.45, 7) is 4.18. The first kappa shape index (κ1) is 10.9. The topological polar surface area (TPSA) is 41.5 Å². The number of morpholine rings is 1. The van der Waals surface area contributed by atoms with Gasteiger partial charge in [-0.3, -0.25) is 0 Å². The van der Waals surface area contributed by atoms with Gasteiger partial charge < -0.3 is 15.2 Å². The van der Waals surface area contributed by atoms with E-state index in [0.29, 0.717) is 12.4 Å². The SMILES string of the molecule is Cc1ccc(O)c(C2COCCN2)c1Br. The molecule has 1 aromatic rings. The Balaban J connectivity index is 2.36. The predicted molar refractivity (Wildman–Crippen MR) is 62.1 cm³/mol. The van der Waals surface area contributed by atoms with Crippen LogP contribution in [-0.4, -0.2) is 24.9 Å². The van der Waals surface area contributed by atoms with Crippen molar-refractivity contribution in [3.63, 3.8) is 0 Å². The van der Waals surface area contributed by atoms with Crippen LogP contribution in [0.25, 0.3) is 0 Å². The average Bonchev–Trinajstić information content (AvgIpc) is 2.26. The number of hydrogen-bond acceptors (Lipinski definition) is 3. The highest BCUT2D eigenvalue weighted by Crippen LogP contribution is 2.34. The Morgan fingerprint density at radius 1 is 1.53 bits per heavy atom. The third kappa shape index (κ3) is 2.17. The molecule has 0 aromatic heterocycles. The molecular formula is C11H14BrNO2. The maximum Gasteiger partial charge on any atom is 0.121 e. The van der Waals surface area contributed by atoms with Crippen molar-refractivity contribution in [2.45, 2.75) is 13.0 Å². The molecule has 2 N–H and O–H groups in total. The number of phenolic OH excluding ortho intramolecular Hbond substituents is 1. The van der Waals surface area contributed by atoms with Crippen LogP contribution in [0.15, 0.2) is 16.6 Å². The molecule has 4 heteroatoms. The zero-order chi connectivity index (χ0) is 10.8. The lowest BCUT2D eigenvalue weighted by Gasteiger charge is -2.26. The normalized spacial score (nSPS) is 21.6. The molecule has 2 rings (SSSR count). The van der Waals surface area contributed by atoms with Gasteiger partial charge >= 0.3 is 0 Å². The summed E-state index contributed by atoms with van der Waals surface area (Å²) < 4.78 is 6.36. The quantitative estimate of drug-likeness (QED) is 0.822. The Kier molecular flexibility index (Phi) is 3.29. The van der Waals surface area contributed by atoms with E-state index in [9.17, 15) is 5.11 Å². The number of halogens is 1. The van der Waals surface area contributed by atoms with Gasteiger partial charge in [0, 0.05) is 16.6 Å². The minimum Gasteiger partial charge on any atom is -0.508 e. The number of benzene rings is 1. The number of phenols is 1. The average molecular weight is 272 g/mol. The van der Waals surface area contributed by atoms with Gasteiger partial charge in [0.1, 0.15) is 5.75 Å². The van der Waals surface area contributed by atoms with E-state index < -0.39 is 0 Å². The summed E-state index contributed by atoms with van der Waals surface area (Å²) in [6, 6.07) is 3.70. The molecule has 1 aromatic carbocycles. The van der Waals surface area contributed by atoms with Gasteiger partial charge in [-0.2, -0.15) is 0 Å². The zero-order valence-corrected chi connectivity index (χ0v) is 10.2. The van der Waals surface area contributed by atoms with E-state index in [4.69, 9.17) is 4.74 Å². The van der Waals surface area contributed by atoms with Gasteiger partial charge in [-0.15, -0.1) is 0 Å². The number of rotatable bonds is 1. The van der Waals surface area contributed by atoms with Gasteiger partial charge in [0.05, 0.1) is 19.3 Å². The lowest BCUT2D eigenvalue weighted by Crippen LogP contribution is -2.34. The van der Waals surface area contributed by atoms with Crippen LogP contribution < -0.4 is 5.32 Å². The largest absolute Gasteiger partial charge is 0.508 e. The number of ether oxygens (including phenoxy) is 1. The zero-order valence-electron chi connectivity index (χ0n) is 8.59. The molecule has 1 atom stereocenters. The molecule has 0 bridgehead atoms. The van der Waals surface area contributed by atoms with Crippen molar-refractivity contribution in [3.8, 4) is 5.75 Å². The Hall–Kier alpha value is -0.580. The Morgan fingerprint density at radius 2 is 2.33 bits per heavy atom. The summed E-state index contributed by atoms with van der Waals surface area (Å²) in [5.41, 5.74) is 2.02. The van der Waals surface area contributed by atoms with Crippen molar-refractivity contribution in [3.05, 3.63) is 27.7 Å². The third-order valence-corrected chi connectivity index (χ3v) is 3.67. The second-order valence-electron chi connectivity index (χ2n) is 3.71. The summed E-state index contributed by atoms with van der Waals surface area (Å²) in [4.78, 5) is 0. The van der Waals surface area contributed by atoms with Gasteiger partial charge in [-0.25, -0.2) is 0 Å². The van der Waals surface area contributed by atoms with Crippen LogP contribution in [0.3, 0.4) is 0 Å². The molecule has 1 aliphatic rings. The van der Waals surface area contributed by atoms with E-state index in [1.165, 1.54) is 0 Å². The van der Waals surface area contributed by atoms with Gasteiger partial charge in [0.15, 0.2) is 0 Å². The summed E-state index contributed by atoms with van der Waals surface area (Å²) in [6.07, 6.45) is 0. The van der Waals surface area contributed by atoms with E-state index in [0.717, 1.165) is 28.8 Å². The maximum absolute atomic E-state index is 9.84. The van der Waals surface area contributed by atoms with Crippen LogP contribution in [0.4, 0.5) is 0 Å². The molecule has 82 valence electrons. The van der Waals surface area contributed by atoms with Crippen LogP contribution in [-0.2, 0) is 4.74 Å². The standard InChI is InChI=1S/C11H14BrNO2/c1-7-2-3-9(14)10(11(7)12)8-6-15-5-4-13-8/h2-3,8,13-14H,4-6H2,1H3. The lowest BCUT2D eigenvalue weighted by molar-refractivity contribution is 0.0758. The number of hydrogen-bond donors (Lipinski definition) is 2. The molecule has 0 spiro atoms. The van der Waals surface area contributed by atoms with E-state index in [1.807, 2.05) is 13.0 Å². The van der Waals surface area contributed by atoms with Crippen LogP contribution in [0.1, 0.15) is 17.2 Å². The smallest absolute Gasteiger partial charge is 0.121 e. The van der Waals surface area contributed by atoms with Crippen molar-refractivity contribution < 1.29 is 9.84 Å². The fourth-order valence-electron chi connectivity index (χ4n) is 1.77. The molecule has 0 saturated carbocycles. The second kappa shape index (κ2) is 4.51. The van der Waals surface area contributed by atoms with Crippen molar-refractivity contribution in [1.29, 1.82) is 0 Å². The fraction of sp³-hybridized carbons (Fsp3) is 0.455. The first-order chi connectivity index (χ1) is 7.20. The van der Waals surface area contributed by atoms with Gasteiger partial charge in [-0.1, -0.05) is 22.0 Å². The molecular weight excluding hydrogens is 258 g/mol. The minimum atomic E-state index is 0.0769. The highest BCUT2D eigenvalue weighted by molar-refractivity contribution is 9.10. The van der Waals surface area contributed by atoms with Gasteiger partial charge in [0.25, 0.3) is 0 Å². The summed E-state index contributed by atoms with van der Waals surface area (Å²) in [5, 5.41) is 13.2. The van der Waals surface area contributed by atoms with E-state index >= 15 is 0 Å². The molecule has 0 amide bonds. The summed E-state index contributed by atoms with van der Waals surface area (Å²) >= 11 is 3.51. The molecule has 0 aliphatic carbocycles. The molecule has 1 unspecified atom stereocenters. The van der Waals surface area contributed by atoms with E-state index in [-0.39, 0.29) is 6.04 Å². The molecule has 1 heterocycles. The van der Waals surface area contributed by atoms with Gasteiger partial charge in [0.2, 0.25) is 0 Å². The molecule has 1 fully saturated rings. The minimum absolute atomic E-state index is 0.0769. The Bertz CT molecular complexity index is 362. The monoisotopic (exact) mass is 271 g/mol. The fourth-order valence-corrected chi connectivity index (χ4v) is 2.39. The molecule has 1 aliphatic heterocycles. The highest BCUT2D eigenvalue weighted by atomic mass is 79.9. The molecule has 0 radical (unpaired) electrons. The Morgan fingerprint density at radius 3 is 3.00 bits per heavy atom. The van der Waals surface area contributed by atoms with Crippen molar-refractivity contribution in [2.24, 2.45) is 0 Å². The number of aromatic hydroxyl groups is 1. The first-order valence-corrected chi connectivity index (χ1v) is 5.78. The van der Waals surface area contributed by atoms with Crippen molar-refractivity contribution >= 4 is 15.9 Å². The second-order valence-corrected chi connectivity index (χ2v) is 4.50. The lowest BCUT2D eigenvalue weighted by atomic mass is 10.0. The molecule has 1 saturated heterocycles. The van der Waals surface area contributed by atoms with E-state index in [2.05, 4.69) is 21.2 Å². The molecule has 3 nitrogen and oxygen atoms in total. The Labute approximate surface area is 97.6 Å². The van der Waals surface area contributed by atoms with E-state index in [1.54, 1.807) is 6.07 Å². The number of nitrogens with one attached hydrogen (secondary N) is 1. The van der Waals surface area contributed by atoms with Crippen LogP contribution in [0, 0.1) is 6.92 Å². The van der Waals surface area contributed by atoms with Crippen LogP contribution in [0.2, 0.25) is 0 Å². The van der Waals surface area contributed by atoms with Gasteiger partial charge in [-0.05, 0) is 18.6 Å². The van der Waals surface area contributed by atoms with Crippen molar-refractivity contribution in [2.75, 3.05) is 19.8 Å². The van der Waals surface area contributed by atoms with Crippen LogP contribution in [0.5, 0.6) is 5.75 Å². The summed E-state index contributed by atoms with van der Waals surface area (Å²) in [7, 11) is 0. The molecule has 15 heavy (non-hydrogen) atoms.